The van der Waals surface area contributed by atoms with E-state index < -0.39 is 0 Å². The lowest BCUT2D eigenvalue weighted by Gasteiger charge is -2.24. The molecule has 2 N–H and O–H groups in total. The Kier molecular flexibility index (Phi) is 6.16. The molecule has 1 aromatic rings. The van der Waals surface area contributed by atoms with Gasteiger partial charge in [-0.25, -0.2) is 4.39 Å². The van der Waals surface area contributed by atoms with Crippen LogP contribution in [0, 0.1) is 11.7 Å². The maximum atomic E-state index is 13.5. The quantitative estimate of drug-likeness (QED) is 0.789. The smallest absolute Gasteiger partial charge is 0.126 e. The van der Waals surface area contributed by atoms with Crippen molar-refractivity contribution in [3.63, 3.8) is 0 Å². The van der Waals surface area contributed by atoms with Gasteiger partial charge in [-0.3, -0.25) is 0 Å². The monoisotopic (exact) mass is 238 g/mol. The van der Waals surface area contributed by atoms with Gasteiger partial charge < -0.3 is 10.6 Å². The average molecular weight is 238 g/mol. The van der Waals surface area contributed by atoms with Gasteiger partial charge in [-0.05, 0) is 43.6 Å². The highest BCUT2D eigenvalue weighted by Gasteiger charge is 2.13. The highest BCUT2D eigenvalue weighted by Crippen LogP contribution is 2.13. The lowest BCUT2D eigenvalue weighted by atomic mass is 9.98. The van der Waals surface area contributed by atoms with E-state index in [1.54, 1.807) is 6.07 Å². The number of hydrogen-bond donors (Lipinski definition) is 1. The second kappa shape index (κ2) is 7.41. The topological polar surface area (TPSA) is 29.3 Å². The first-order valence-electron chi connectivity index (χ1n) is 6.37. The molecular formula is C14H23FN2. The molecule has 0 radical (unpaired) electrons. The van der Waals surface area contributed by atoms with Gasteiger partial charge in [-0.15, -0.1) is 0 Å². The molecule has 0 bridgehead atoms. The molecule has 17 heavy (non-hydrogen) atoms. The van der Waals surface area contributed by atoms with Gasteiger partial charge in [-0.1, -0.05) is 32.0 Å². The van der Waals surface area contributed by atoms with Gasteiger partial charge in [0.05, 0.1) is 0 Å². The van der Waals surface area contributed by atoms with Crippen LogP contribution in [0.2, 0.25) is 0 Å². The minimum absolute atomic E-state index is 0.120. The van der Waals surface area contributed by atoms with Crippen molar-refractivity contribution in [3.05, 3.63) is 35.6 Å². The molecule has 96 valence electrons. The van der Waals surface area contributed by atoms with E-state index in [-0.39, 0.29) is 5.82 Å². The number of hydrogen-bond acceptors (Lipinski definition) is 2. The lowest BCUT2D eigenvalue weighted by molar-refractivity contribution is 0.253. The van der Waals surface area contributed by atoms with E-state index in [4.69, 9.17) is 5.73 Å². The van der Waals surface area contributed by atoms with E-state index in [2.05, 4.69) is 18.7 Å². The summed E-state index contributed by atoms with van der Waals surface area (Å²) in [6, 6.07) is 6.96. The zero-order valence-electron chi connectivity index (χ0n) is 10.8. The molecule has 3 heteroatoms. The van der Waals surface area contributed by atoms with Crippen molar-refractivity contribution in [2.24, 2.45) is 11.7 Å². The molecule has 0 aliphatic carbocycles. The van der Waals surface area contributed by atoms with Crippen molar-refractivity contribution >= 4 is 0 Å². The maximum Gasteiger partial charge on any atom is 0.126 e. The van der Waals surface area contributed by atoms with Crippen molar-refractivity contribution in [1.29, 1.82) is 0 Å². The van der Waals surface area contributed by atoms with Gasteiger partial charge in [0.25, 0.3) is 0 Å². The van der Waals surface area contributed by atoms with Crippen LogP contribution in [0.4, 0.5) is 4.39 Å². The normalized spacial score (nSPS) is 13.0. The molecule has 0 aromatic heterocycles. The largest absolute Gasteiger partial charge is 0.330 e. The Morgan fingerprint density at radius 3 is 2.41 bits per heavy atom. The van der Waals surface area contributed by atoms with Crippen LogP contribution >= 0.6 is 0 Å². The Hall–Kier alpha value is -0.930. The first-order chi connectivity index (χ1) is 8.21. The summed E-state index contributed by atoms with van der Waals surface area (Å²) in [4.78, 5) is 2.33. The highest BCUT2D eigenvalue weighted by atomic mass is 19.1. The molecule has 1 atom stereocenters. The minimum Gasteiger partial charge on any atom is -0.330 e. The fourth-order valence-corrected chi connectivity index (χ4v) is 2.04. The third-order valence-corrected chi connectivity index (χ3v) is 3.21. The standard InChI is InChI=1S/C14H23FN2/c1-3-17(4-2)11-12(10-16)9-13-7-5-6-8-14(13)15/h5-8,12H,3-4,9-11,16H2,1-2H3. The summed E-state index contributed by atoms with van der Waals surface area (Å²) in [5.74, 6) is 0.206. The molecule has 0 heterocycles. The number of nitrogens with zero attached hydrogens (tertiary/aromatic N) is 1. The van der Waals surface area contributed by atoms with Crippen molar-refractivity contribution in [1.82, 2.24) is 4.90 Å². The number of benzene rings is 1. The lowest BCUT2D eigenvalue weighted by Crippen LogP contribution is -2.34. The molecule has 0 saturated heterocycles. The molecule has 0 spiro atoms. The summed E-state index contributed by atoms with van der Waals surface area (Å²) < 4.78 is 13.5. The molecule has 0 fully saturated rings. The van der Waals surface area contributed by atoms with E-state index in [9.17, 15) is 4.39 Å². The molecule has 0 saturated carbocycles. The summed E-state index contributed by atoms with van der Waals surface area (Å²) >= 11 is 0. The Labute approximate surface area is 104 Å². The molecule has 0 aliphatic rings. The Morgan fingerprint density at radius 2 is 1.88 bits per heavy atom. The number of nitrogens with two attached hydrogens (primary N) is 1. The third-order valence-electron chi connectivity index (χ3n) is 3.21. The predicted octanol–water partition coefficient (Wildman–Crippen LogP) is 2.28. The van der Waals surface area contributed by atoms with Crippen LogP contribution in [-0.2, 0) is 6.42 Å². The van der Waals surface area contributed by atoms with Gasteiger partial charge in [-0.2, -0.15) is 0 Å². The summed E-state index contributed by atoms with van der Waals surface area (Å²) in [6.07, 6.45) is 0.722. The molecular weight excluding hydrogens is 215 g/mol. The van der Waals surface area contributed by atoms with Crippen LogP contribution in [0.1, 0.15) is 19.4 Å². The molecule has 1 aromatic carbocycles. The van der Waals surface area contributed by atoms with E-state index >= 15 is 0 Å². The van der Waals surface area contributed by atoms with Crippen molar-refractivity contribution in [3.8, 4) is 0 Å². The van der Waals surface area contributed by atoms with Crippen molar-refractivity contribution in [2.45, 2.75) is 20.3 Å². The highest BCUT2D eigenvalue weighted by molar-refractivity contribution is 5.17. The first-order valence-corrected chi connectivity index (χ1v) is 6.37. The van der Waals surface area contributed by atoms with Gasteiger partial charge in [0, 0.05) is 6.54 Å². The van der Waals surface area contributed by atoms with E-state index in [0.29, 0.717) is 12.5 Å². The van der Waals surface area contributed by atoms with Crippen LogP contribution in [0.5, 0.6) is 0 Å². The fourth-order valence-electron chi connectivity index (χ4n) is 2.04. The Morgan fingerprint density at radius 1 is 1.24 bits per heavy atom. The number of halogens is 1. The molecule has 2 nitrogen and oxygen atoms in total. The first kappa shape index (κ1) is 14.1. The predicted molar refractivity (Wildman–Crippen MR) is 70.4 cm³/mol. The average Bonchev–Trinajstić information content (AvgIpc) is 2.36. The summed E-state index contributed by atoms with van der Waals surface area (Å²) in [6.45, 7) is 7.86. The van der Waals surface area contributed by atoms with Gasteiger partial charge >= 0.3 is 0 Å². The van der Waals surface area contributed by atoms with Crippen LogP contribution < -0.4 is 5.73 Å². The zero-order chi connectivity index (χ0) is 12.7. The van der Waals surface area contributed by atoms with Crippen LogP contribution in [0.15, 0.2) is 24.3 Å². The third kappa shape index (κ3) is 4.44. The maximum absolute atomic E-state index is 13.5. The van der Waals surface area contributed by atoms with E-state index in [1.165, 1.54) is 6.07 Å². The second-order valence-corrected chi connectivity index (χ2v) is 4.38. The molecule has 0 amide bonds. The Balaban J connectivity index is 2.61. The van der Waals surface area contributed by atoms with E-state index in [1.807, 2.05) is 12.1 Å². The second-order valence-electron chi connectivity index (χ2n) is 4.38. The van der Waals surface area contributed by atoms with E-state index in [0.717, 1.165) is 31.6 Å². The van der Waals surface area contributed by atoms with Crippen LogP contribution in [-0.4, -0.2) is 31.1 Å². The van der Waals surface area contributed by atoms with Crippen molar-refractivity contribution in [2.75, 3.05) is 26.2 Å². The van der Waals surface area contributed by atoms with Crippen LogP contribution in [0.3, 0.4) is 0 Å². The van der Waals surface area contributed by atoms with Crippen molar-refractivity contribution < 1.29 is 4.39 Å². The van der Waals surface area contributed by atoms with Gasteiger partial charge in [0.2, 0.25) is 0 Å². The molecule has 0 aliphatic heterocycles. The SMILES string of the molecule is CCN(CC)CC(CN)Cc1ccccc1F. The fraction of sp³-hybridized carbons (Fsp3) is 0.571. The number of rotatable bonds is 7. The van der Waals surface area contributed by atoms with Gasteiger partial charge in [0.15, 0.2) is 0 Å². The molecule has 1 rings (SSSR count). The summed E-state index contributed by atoms with van der Waals surface area (Å²) in [5, 5.41) is 0. The Bertz CT molecular complexity index is 324. The molecule has 1 unspecified atom stereocenters. The summed E-state index contributed by atoms with van der Waals surface area (Å²) in [7, 11) is 0. The minimum atomic E-state index is -0.120. The van der Waals surface area contributed by atoms with Crippen LogP contribution in [0.25, 0.3) is 0 Å². The summed E-state index contributed by atoms with van der Waals surface area (Å²) in [5.41, 5.74) is 6.55. The zero-order valence-corrected chi connectivity index (χ0v) is 10.8. The van der Waals surface area contributed by atoms with Gasteiger partial charge in [0.1, 0.15) is 5.82 Å².